The van der Waals surface area contributed by atoms with Crippen LogP contribution in [-0.2, 0) is 6.42 Å². The molecule has 5 heteroatoms. The van der Waals surface area contributed by atoms with Gasteiger partial charge in [-0.2, -0.15) is 0 Å². The molecule has 4 nitrogen and oxygen atoms in total. The van der Waals surface area contributed by atoms with Crippen LogP contribution in [0.5, 0.6) is 0 Å². The molecule has 0 aliphatic heterocycles. The summed E-state index contributed by atoms with van der Waals surface area (Å²) in [6, 6.07) is 4.09. The highest BCUT2D eigenvalue weighted by atomic mass is 19.1. The second-order valence-corrected chi connectivity index (χ2v) is 5.52. The lowest BCUT2D eigenvalue weighted by atomic mass is 9.96. The second-order valence-electron chi connectivity index (χ2n) is 5.52. The van der Waals surface area contributed by atoms with Crippen LogP contribution in [0.3, 0.4) is 0 Å². The minimum Gasteiger partial charge on any atom is -0.314 e. The van der Waals surface area contributed by atoms with Crippen LogP contribution in [0.4, 0.5) is 10.1 Å². The van der Waals surface area contributed by atoms with Crippen molar-refractivity contribution in [3.05, 3.63) is 39.7 Å². The summed E-state index contributed by atoms with van der Waals surface area (Å²) in [5, 5.41) is 14.0. The molecule has 0 aromatic heterocycles. The number of halogens is 1. The average molecular weight is 282 g/mol. The highest BCUT2D eigenvalue weighted by molar-refractivity contribution is 5.34. The summed E-state index contributed by atoms with van der Waals surface area (Å²) in [5.41, 5.74) is 0.332. The van der Waals surface area contributed by atoms with Crippen LogP contribution in [0.2, 0.25) is 0 Å². The maximum Gasteiger partial charge on any atom is 0.272 e. The van der Waals surface area contributed by atoms with Crippen molar-refractivity contribution in [3.8, 4) is 0 Å². The van der Waals surface area contributed by atoms with Crippen LogP contribution < -0.4 is 5.32 Å². The summed E-state index contributed by atoms with van der Waals surface area (Å²) in [4.78, 5) is 10.0. The Morgan fingerprint density at radius 1 is 1.40 bits per heavy atom. The van der Waals surface area contributed by atoms with Gasteiger partial charge in [-0.1, -0.05) is 20.8 Å². The van der Waals surface area contributed by atoms with E-state index in [0.29, 0.717) is 17.9 Å². The van der Waals surface area contributed by atoms with E-state index in [0.717, 1.165) is 25.5 Å². The zero-order valence-electron chi connectivity index (χ0n) is 12.4. The van der Waals surface area contributed by atoms with Crippen molar-refractivity contribution >= 4 is 5.69 Å². The SMILES string of the molecule is CCCNC(Cc1ccc([N+](=O)[O-])cc1F)CC(C)C. The van der Waals surface area contributed by atoms with Gasteiger partial charge in [0.2, 0.25) is 0 Å². The quantitative estimate of drug-likeness (QED) is 0.584. The van der Waals surface area contributed by atoms with Gasteiger partial charge in [0.1, 0.15) is 5.82 Å². The Labute approximate surface area is 119 Å². The minimum absolute atomic E-state index is 0.200. The van der Waals surface area contributed by atoms with Crippen LogP contribution in [0, 0.1) is 21.8 Å². The fourth-order valence-electron chi connectivity index (χ4n) is 2.24. The smallest absolute Gasteiger partial charge is 0.272 e. The topological polar surface area (TPSA) is 55.2 Å². The molecule has 0 amide bonds. The first kappa shape index (κ1) is 16.6. The molecule has 0 aliphatic rings. The normalized spacial score (nSPS) is 12.7. The van der Waals surface area contributed by atoms with Gasteiger partial charge in [-0.05, 0) is 43.4 Å². The molecular weight excluding hydrogens is 259 g/mol. The highest BCUT2D eigenvalue weighted by Crippen LogP contribution is 2.19. The van der Waals surface area contributed by atoms with Crippen molar-refractivity contribution in [2.45, 2.75) is 46.1 Å². The maximum atomic E-state index is 13.9. The number of nitro benzene ring substituents is 1. The van der Waals surface area contributed by atoms with E-state index in [2.05, 4.69) is 26.1 Å². The van der Waals surface area contributed by atoms with Crippen molar-refractivity contribution < 1.29 is 9.31 Å². The van der Waals surface area contributed by atoms with Gasteiger partial charge >= 0.3 is 0 Å². The van der Waals surface area contributed by atoms with Crippen molar-refractivity contribution in [2.24, 2.45) is 5.92 Å². The second kappa shape index (κ2) is 7.94. The first-order valence-corrected chi connectivity index (χ1v) is 7.10. The minimum atomic E-state index is -0.576. The van der Waals surface area contributed by atoms with E-state index < -0.39 is 10.7 Å². The summed E-state index contributed by atoms with van der Waals surface area (Å²) >= 11 is 0. The molecule has 1 aromatic carbocycles. The van der Waals surface area contributed by atoms with E-state index in [1.807, 2.05) is 0 Å². The fourth-order valence-corrected chi connectivity index (χ4v) is 2.24. The van der Waals surface area contributed by atoms with Gasteiger partial charge < -0.3 is 5.32 Å². The maximum absolute atomic E-state index is 13.9. The number of benzene rings is 1. The zero-order valence-corrected chi connectivity index (χ0v) is 12.4. The summed E-state index contributed by atoms with van der Waals surface area (Å²) in [6.07, 6.45) is 2.54. The molecule has 0 radical (unpaired) electrons. The summed E-state index contributed by atoms with van der Waals surface area (Å²) in [5.74, 6) is 0.0247. The third kappa shape index (κ3) is 5.25. The van der Waals surface area contributed by atoms with Crippen LogP contribution in [-0.4, -0.2) is 17.5 Å². The molecule has 0 saturated carbocycles. The van der Waals surface area contributed by atoms with Gasteiger partial charge in [0.05, 0.1) is 11.0 Å². The predicted octanol–water partition coefficient (Wildman–Crippen LogP) is 3.69. The van der Waals surface area contributed by atoms with E-state index >= 15 is 0 Å². The average Bonchev–Trinajstić information content (AvgIpc) is 2.37. The molecule has 0 fully saturated rings. The Balaban J connectivity index is 2.79. The number of non-ortho nitro benzene ring substituents is 1. The molecule has 112 valence electrons. The predicted molar refractivity (Wildman–Crippen MR) is 78.3 cm³/mol. The van der Waals surface area contributed by atoms with Crippen molar-refractivity contribution in [3.63, 3.8) is 0 Å². The van der Waals surface area contributed by atoms with Gasteiger partial charge in [-0.25, -0.2) is 4.39 Å². The molecule has 1 unspecified atom stereocenters. The van der Waals surface area contributed by atoms with E-state index in [4.69, 9.17) is 0 Å². The lowest BCUT2D eigenvalue weighted by Gasteiger charge is -2.20. The van der Waals surface area contributed by atoms with Crippen LogP contribution in [0.15, 0.2) is 18.2 Å². The van der Waals surface area contributed by atoms with Crippen molar-refractivity contribution in [2.75, 3.05) is 6.54 Å². The standard InChI is InChI=1S/C15H23FN2O2/c1-4-7-17-13(8-11(2)3)9-12-5-6-14(18(19)20)10-15(12)16/h5-6,10-11,13,17H,4,7-9H2,1-3H3. The number of rotatable bonds is 8. The Morgan fingerprint density at radius 2 is 2.10 bits per heavy atom. The lowest BCUT2D eigenvalue weighted by Crippen LogP contribution is -2.33. The number of nitrogens with zero attached hydrogens (tertiary/aromatic N) is 1. The monoisotopic (exact) mass is 282 g/mol. The molecule has 1 rings (SSSR count). The summed E-state index contributed by atoms with van der Waals surface area (Å²) in [7, 11) is 0. The van der Waals surface area contributed by atoms with Crippen LogP contribution in [0.1, 0.15) is 39.2 Å². The fraction of sp³-hybridized carbons (Fsp3) is 0.600. The van der Waals surface area contributed by atoms with E-state index in [9.17, 15) is 14.5 Å². The van der Waals surface area contributed by atoms with E-state index in [1.165, 1.54) is 12.1 Å². The number of hydrogen-bond donors (Lipinski definition) is 1. The molecule has 1 aromatic rings. The first-order chi connectivity index (χ1) is 9.43. The van der Waals surface area contributed by atoms with Crippen molar-refractivity contribution in [1.29, 1.82) is 0 Å². The van der Waals surface area contributed by atoms with E-state index in [1.54, 1.807) is 0 Å². The van der Waals surface area contributed by atoms with Crippen molar-refractivity contribution in [1.82, 2.24) is 5.32 Å². The Morgan fingerprint density at radius 3 is 2.60 bits per heavy atom. The number of hydrogen-bond acceptors (Lipinski definition) is 3. The zero-order chi connectivity index (χ0) is 15.1. The van der Waals surface area contributed by atoms with Crippen LogP contribution >= 0.6 is 0 Å². The number of nitro groups is 1. The van der Waals surface area contributed by atoms with Gasteiger partial charge in [0.15, 0.2) is 0 Å². The Kier molecular flexibility index (Phi) is 6.58. The Bertz CT molecular complexity index is 449. The third-order valence-corrected chi connectivity index (χ3v) is 3.15. The number of nitrogens with one attached hydrogen (secondary N) is 1. The molecule has 1 N–H and O–H groups in total. The lowest BCUT2D eigenvalue weighted by molar-refractivity contribution is -0.385. The van der Waals surface area contributed by atoms with Gasteiger partial charge in [0, 0.05) is 12.1 Å². The van der Waals surface area contributed by atoms with E-state index in [-0.39, 0.29) is 11.7 Å². The summed E-state index contributed by atoms with van der Waals surface area (Å²) in [6.45, 7) is 7.25. The molecule has 1 atom stereocenters. The molecular formula is C15H23FN2O2. The van der Waals surface area contributed by atoms with Gasteiger partial charge in [0.25, 0.3) is 5.69 Å². The molecule has 0 saturated heterocycles. The van der Waals surface area contributed by atoms with Gasteiger partial charge in [-0.3, -0.25) is 10.1 Å². The third-order valence-electron chi connectivity index (χ3n) is 3.15. The Hall–Kier alpha value is -1.49. The first-order valence-electron chi connectivity index (χ1n) is 7.10. The molecule has 20 heavy (non-hydrogen) atoms. The largest absolute Gasteiger partial charge is 0.314 e. The molecule has 0 aliphatic carbocycles. The van der Waals surface area contributed by atoms with Gasteiger partial charge in [-0.15, -0.1) is 0 Å². The molecule has 0 heterocycles. The van der Waals surface area contributed by atoms with Crippen LogP contribution in [0.25, 0.3) is 0 Å². The summed E-state index contributed by atoms with van der Waals surface area (Å²) < 4.78 is 13.9. The highest BCUT2D eigenvalue weighted by Gasteiger charge is 2.16. The molecule has 0 bridgehead atoms. The molecule has 0 spiro atoms.